The van der Waals surface area contributed by atoms with Crippen molar-refractivity contribution in [2.75, 3.05) is 45.8 Å². The van der Waals surface area contributed by atoms with Gasteiger partial charge in [0.1, 0.15) is 0 Å². The second-order valence-electron chi connectivity index (χ2n) is 5.26. The molecular weight excluding hydrogens is 214 g/mol. The number of nitrogens with one attached hydrogen (secondary N) is 1. The van der Waals surface area contributed by atoms with Crippen molar-refractivity contribution in [3.8, 4) is 0 Å². The van der Waals surface area contributed by atoms with Gasteiger partial charge in [0.2, 0.25) is 5.91 Å². The van der Waals surface area contributed by atoms with E-state index in [1.54, 1.807) is 0 Å². The molecule has 0 spiro atoms. The maximum atomic E-state index is 11.9. The average Bonchev–Trinajstić information content (AvgIpc) is 2.27. The highest BCUT2D eigenvalue weighted by molar-refractivity contribution is 5.78. The predicted octanol–water partition coefficient (Wildman–Crippen LogP) is 0.540. The van der Waals surface area contributed by atoms with E-state index in [2.05, 4.69) is 17.1 Å². The van der Waals surface area contributed by atoms with Crippen molar-refractivity contribution in [2.24, 2.45) is 5.92 Å². The van der Waals surface area contributed by atoms with Crippen LogP contribution in [-0.2, 0) is 4.79 Å². The second kappa shape index (κ2) is 6.36. The van der Waals surface area contributed by atoms with Gasteiger partial charge in [-0.25, -0.2) is 0 Å². The fourth-order valence-electron chi connectivity index (χ4n) is 2.59. The third kappa shape index (κ3) is 3.68. The highest BCUT2D eigenvalue weighted by atomic mass is 16.2. The minimum absolute atomic E-state index is 0.326. The number of likely N-dealkylation sites (tertiary alicyclic amines) is 1. The van der Waals surface area contributed by atoms with E-state index in [4.69, 9.17) is 0 Å². The van der Waals surface area contributed by atoms with Crippen molar-refractivity contribution in [2.45, 2.75) is 26.2 Å². The molecule has 0 aromatic heterocycles. The summed E-state index contributed by atoms with van der Waals surface area (Å²) in [5, 5.41) is 3.39. The molecule has 4 heteroatoms. The van der Waals surface area contributed by atoms with Crippen LogP contribution in [0.1, 0.15) is 26.2 Å². The summed E-state index contributed by atoms with van der Waals surface area (Å²) < 4.78 is 0. The van der Waals surface area contributed by atoms with Crippen LogP contribution in [0.15, 0.2) is 0 Å². The van der Waals surface area contributed by atoms with Crippen molar-refractivity contribution in [3.05, 3.63) is 0 Å². The molecule has 0 aromatic rings. The summed E-state index contributed by atoms with van der Waals surface area (Å²) in [6, 6.07) is 0. The molecule has 2 rings (SSSR count). The third-order valence-corrected chi connectivity index (χ3v) is 3.99. The van der Waals surface area contributed by atoms with Gasteiger partial charge in [0.25, 0.3) is 0 Å². The fraction of sp³-hybridized carbons (Fsp3) is 0.923. The van der Waals surface area contributed by atoms with Gasteiger partial charge in [-0.2, -0.15) is 0 Å². The Hall–Kier alpha value is -0.610. The standard InChI is InChI=1S/C13H25N3O/c1-2-15(10-12-4-6-14-7-5-12)11-13(17)16-8-3-9-16/h12,14H,2-11H2,1H3. The summed E-state index contributed by atoms with van der Waals surface area (Å²) in [5.74, 6) is 1.10. The molecule has 4 nitrogen and oxygen atoms in total. The number of carbonyl (C=O) groups is 1. The van der Waals surface area contributed by atoms with Crippen molar-refractivity contribution in [1.82, 2.24) is 15.1 Å². The van der Waals surface area contributed by atoms with E-state index < -0.39 is 0 Å². The SMILES string of the molecule is CCN(CC(=O)N1CCC1)CC1CCNCC1. The number of rotatable bonds is 5. The summed E-state index contributed by atoms with van der Waals surface area (Å²) in [5.41, 5.74) is 0. The summed E-state index contributed by atoms with van der Waals surface area (Å²) in [4.78, 5) is 16.2. The van der Waals surface area contributed by atoms with Crippen LogP contribution in [0, 0.1) is 5.92 Å². The molecule has 0 unspecified atom stereocenters. The molecule has 1 amide bonds. The summed E-state index contributed by atoms with van der Waals surface area (Å²) in [6.07, 6.45) is 3.70. The summed E-state index contributed by atoms with van der Waals surface area (Å²) in [6.45, 7) is 9.10. The lowest BCUT2D eigenvalue weighted by molar-refractivity contribution is -0.136. The van der Waals surface area contributed by atoms with Gasteiger partial charge >= 0.3 is 0 Å². The largest absolute Gasteiger partial charge is 0.341 e. The topological polar surface area (TPSA) is 35.6 Å². The van der Waals surface area contributed by atoms with Crippen LogP contribution >= 0.6 is 0 Å². The van der Waals surface area contributed by atoms with Gasteiger partial charge in [-0.15, -0.1) is 0 Å². The minimum atomic E-state index is 0.326. The number of amides is 1. The lowest BCUT2D eigenvalue weighted by atomic mass is 9.97. The van der Waals surface area contributed by atoms with Crippen LogP contribution in [0.4, 0.5) is 0 Å². The number of hydrogen-bond donors (Lipinski definition) is 1. The monoisotopic (exact) mass is 239 g/mol. The number of likely N-dealkylation sites (N-methyl/N-ethyl adjacent to an activating group) is 1. The molecule has 2 saturated heterocycles. The molecule has 0 bridgehead atoms. The zero-order valence-electron chi connectivity index (χ0n) is 11.0. The second-order valence-corrected chi connectivity index (χ2v) is 5.26. The van der Waals surface area contributed by atoms with Crippen LogP contribution in [0.2, 0.25) is 0 Å². The predicted molar refractivity (Wildman–Crippen MR) is 68.9 cm³/mol. The molecular formula is C13H25N3O. The van der Waals surface area contributed by atoms with Gasteiger partial charge in [-0.1, -0.05) is 6.92 Å². The Morgan fingerprint density at radius 1 is 1.35 bits per heavy atom. The summed E-state index contributed by atoms with van der Waals surface area (Å²) >= 11 is 0. The van der Waals surface area contributed by atoms with E-state index >= 15 is 0 Å². The zero-order chi connectivity index (χ0) is 12.1. The average molecular weight is 239 g/mol. The van der Waals surface area contributed by atoms with Gasteiger partial charge in [0, 0.05) is 19.6 Å². The van der Waals surface area contributed by atoms with Gasteiger partial charge in [0.15, 0.2) is 0 Å². The van der Waals surface area contributed by atoms with Gasteiger partial charge in [-0.3, -0.25) is 9.69 Å². The molecule has 0 aliphatic carbocycles. The molecule has 0 saturated carbocycles. The molecule has 2 aliphatic heterocycles. The summed E-state index contributed by atoms with van der Waals surface area (Å²) in [7, 11) is 0. The first-order chi connectivity index (χ1) is 8.29. The Balaban J connectivity index is 1.72. The Morgan fingerprint density at radius 2 is 2.06 bits per heavy atom. The quantitative estimate of drug-likeness (QED) is 0.760. The van der Waals surface area contributed by atoms with Crippen LogP contribution in [0.3, 0.4) is 0 Å². The van der Waals surface area contributed by atoms with E-state index in [9.17, 15) is 4.79 Å². The first-order valence-corrected chi connectivity index (χ1v) is 7.00. The van der Waals surface area contributed by atoms with E-state index in [0.717, 1.165) is 45.2 Å². The minimum Gasteiger partial charge on any atom is -0.341 e. The Labute approximate surface area is 104 Å². The molecule has 98 valence electrons. The molecule has 2 aliphatic rings. The molecule has 0 radical (unpaired) electrons. The van der Waals surface area contributed by atoms with Crippen LogP contribution < -0.4 is 5.32 Å². The fourth-order valence-corrected chi connectivity index (χ4v) is 2.59. The molecule has 0 aromatic carbocycles. The maximum Gasteiger partial charge on any atom is 0.236 e. The zero-order valence-corrected chi connectivity index (χ0v) is 11.0. The molecule has 1 N–H and O–H groups in total. The maximum absolute atomic E-state index is 11.9. The molecule has 2 heterocycles. The highest BCUT2D eigenvalue weighted by Gasteiger charge is 2.23. The van der Waals surface area contributed by atoms with E-state index in [0.29, 0.717) is 12.5 Å². The van der Waals surface area contributed by atoms with Crippen molar-refractivity contribution >= 4 is 5.91 Å². The van der Waals surface area contributed by atoms with E-state index in [1.807, 2.05) is 4.90 Å². The van der Waals surface area contributed by atoms with Crippen molar-refractivity contribution < 1.29 is 4.79 Å². The van der Waals surface area contributed by atoms with Gasteiger partial charge in [0.05, 0.1) is 6.54 Å². The van der Waals surface area contributed by atoms with Crippen LogP contribution in [-0.4, -0.2) is 61.5 Å². The molecule has 2 fully saturated rings. The van der Waals surface area contributed by atoms with Crippen molar-refractivity contribution in [3.63, 3.8) is 0 Å². The van der Waals surface area contributed by atoms with Crippen LogP contribution in [0.25, 0.3) is 0 Å². The van der Waals surface area contributed by atoms with Crippen LogP contribution in [0.5, 0.6) is 0 Å². The number of hydrogen-bond acceptors (Lipinski definition) is 3. The Bertz CT molecular complexity index is 247. The first-order valence-electron chi connectivity index (χ1n) is 7.00. The lowest BCUT2D eigenvalue weighted by Gasteiger charge is -2.34. The smallest absolute Gasteiger partial charge is 0.236 e. The highest BCUT2D eigenvalue weighted by Crippen LogP contribution is 2.14. The number of carbonyl (C=O) groups excluding carboxylic acids is 1. The lowest BCUT2D eigenvalue weighted by Crippen LogP contribution is -2.48. The van der Waals surface area contributed by atoms with Crippen molar-refractivity contribution in [1.29, 1.82) is 0 Å². The van der Waals surface area contributed by atoms with E-state index in [-0.39, 0.29) is 0 Å². The third-order valence-electron chi connectivity index (χ3n) is 3.99. The van der Waals surface area contributed by atoms with Gasteiger partial charge in [-0.05, 0) is 44.8 Å². The molecule has 17 heavy (non-hydrogen) atoms. The number of piperidine rings is 1. The first kappa shape index (κ1) is 12.8. The Morgan fingerprint density at radius 3 is 2.59 bits per heavy atom. The van der Waals surface area contributed by atoms with Gasteiger partial charge < -0.3 is 10.2 Å². The normalized spacial score (nSPS) is 21.6. The Kier molecular flexibility index (Phi) is 4.80. The number of nitrogens with zero attached hydrogens (tertiary/aromatic N) is 2. The molecule has 0 atom stereocenters. The van der Waals surface area contributed by atoms with E-state index in [1.165, 1.54) is 19.3 Å².